The Hall–Kier alpha value is -2.85. The second-order valence-corrected chi connectivity index (χ2v) is 8.09. The van der Waals surface area contributed by atoms with E-state index in [-0.39, 0.29) is 18.9 Å². The van der Waals surface area contributed by atoms with E-state index < -0.39 is 10.0 Å². The van der Waals surface area contributed by atoms with E-state index in [4.69, 9.17) is 5.26 Å². The first-order valence-corrected chi connectivity index (χ1v) is 10.5. The molecular formula is C20H23N3O3S. The molecule has 0 aliphatic rings. The molecule has 2 rings (SSSR count). The molecule has 6 nitrogen and oxygen atoms in total. The Bertz CT molecular complexity index is 888. The van der Waals surface area contributed by atoms with Crippen LogP contribution in [0.15, 0.2) is 54.6 Å². The van der Waals surface area contributed by atoms with Crippen LogP contribution in [0, 0.1) is 11.3 Å². The van der Waals surface area contributed by atoms with Crippen LogP contribution >= 0.6 is 0 Å². The SMILES string of the molecule is CS(=O)(=O)N(CCC(=O)NCCCc1ccccc1)c1ccc(C#N)cc1. The van der Waals surface area contributed by atoms with Gasteiger partial charge in [-0.25, -0.2) is 8.42 Å². The van der Waals surface area contributed by atoms with Gasteiger partial charge in [-0.2, -0.15) is 5.26 Å². The Labute approximate surface area is 160 Å². The third-order valence-electron chi connectivity index (χ3n) is 4.03. The van der Waals surface area contributed by atoms with E-state index in [1.807, 2.05) is 36.4 Å². The molecule has 0 saturated heterocycles. The van der Waals surface area contributed by atoms with Gasteiger partial charge in [0, 0.05) is 19.5 Å². The van der Waals surface area contributed by atoms with Crippen molar-refractivity contribution in [3.63, 3.8) is 0 Å². The summed E-state index contributed by atoms with van der Waals surface area (Å²) in [7, 11) is -3.52. The average Bonchev–Trinajstić information content (AvgIpc) is 2.66. The maximum atomic E-state index is 12.0. The molecule has 1 amide bonds. The molecule has 0 unspecified atom stereocenters. The Morgan fingerprint density at radius 3 is 2.37 bits per heavy atom. The van der Waals surface area contributed by atoms with Crippen molar-refractivity contribution in [3.05, 3.63) is 65.7 Å². The standard InChI is InChI=1S/C20H23N3O3S/c1-27(25,26)23(19-11-9-18(16-21)10-12-19)15-13-20(24)22-14-5-8-17-6-3-2-4-7-17/h2-4,6-7,9-12H,5,8,13-15H2,1H3,(H,22,24). The van der Waals surface area contributed by atoms with Crippen molar-refractivity contribution >= 4 is 21.6 Å². The van der Waals surface area contributed by atoms with E-state index in [1.165, 1.54) is 9.87 Å². The number of aryl methyl sites for hydroxylation is 1. The Morgan fingerprint density at radius 1 is 1.11 bits per heavy atom. The Kier molecular flexibility index (Phi) is 7.38. The number of rotatable bonds is 9. The van der Waals surface area contributed by atoms with E-state index in [2.05, 4.69) is 5.32 Å². The van der Waals surface area contributed by atoms with Gasteiger partial charge in [-0.05, 0) is 42.7 Å². The lowest BCUT2D eigenvalue weighted by atomic mass is 10.1. The predicted octanol–water partition coefficient (Wildman–Crippen LogP) is 2.46. The minimum absolute atomic E-state index is 0.0508. The van der Waals surface area contributed by atoms with Gasteiger partial charge >= 0.3 is 0 Å². The molecule has 0 aromatic heterocycles. The summed E-state index contributed by atoms with van der Waals surface area (Å²) in [5, 5.41) is 11.7. The molecule has 0 aliphatic heterocycles. The zero-order valence-electron chi connectivity index (χ0n) is 15.3. The van der Waals surface area contributed by atoms with Gasteiger partial charge in [0.1, 0.15) is 0 Å². The molecular weight excluding hydrogens is 362 g/mol. The normalized spacial score (nSPS) is 10.8. The van der Waals surface area contributed by atoms with Gasteiger partial charge in [0.05, 0.1) is 23.6 Å². The van der Waals surface area contributed by atoms with Gasteiger partial charge in [0.2, 0.25) is 15.9 Å². The molecule has 2 aromatic rings. The van der Waals surface area contributed by atoms with Crippen molar-refractivity contribution in [2.24, 2.45) is 0 Å². The largest absolute Gasteiger partial charge is 0.356 e. The number of carbonyl (C=O) groups excluding carboxylic acids is 1. The summed E-state index contributed by atoms with van der Waals surface area (Å²) >= 11 is 0. The molecule has 0 radical (unpaired) electrons. The monoisotopic (exact) mass is 385 g/mol. The molecule has 0 spiro atoms. The van der Waals surface area contributed by atoms with Crippen molar-refractivity contribution < 1.29 is 13.2 Å². The third kappa shape index (κ3) is 6.76. The zero-order chi connectivity index (χ0) is 19.7. The van der Waals surface area contributed by atoms with Crippen molar-refractivity contribution in [1.82, 2.24) is 5.32 Å². The lowest BCUT2D eigenvalue weighted by Crippen LogP contribution is -2.35. The maximum absolute atomic E-state index is 12.0. The third-order valence-corrected chi connectivity index (χ3v) is 5.23. The van der Waals surface area contributed by atoms with E-state index in [0.717, 1.165) is 19.1 Å². The van der Waals surface area contributed by atoms with E-state index >= 15 is 0 Å². The number of nitrogens with one attached hydrogen (secondary N) is 1. The number of amides is 1. The van der Waals surface area contributed by atoms with E-state index in [1.54, 1.807) is 24.3 Å². The van der Waals surface area contributed by atoms with Gasteiger partial charge in [-0.1, -0.05) is 30.3 Å². The van der Waals surface area contributed by atoms with Gasteiger partial charge < -0.3 is 5.32 Å². The summed E-state index contributed by atoms with van der Waals surface area (Å²) in [6.45, 7) is 0.596. The smallest absolute Gasteiger partial charge is 0.232 e. The zero-order valence-corrected chi connectivity index (χ0v) is 16.1. The first-order valence-electron chi connectivity index (χ1n) is 8.68. The van der Waals surface area contributed by atoms with Crippen molar-refractivity contribution in [2.45, 2.75) is 19.3 Å². The summed E-state index contributed by atoms with van der Waals surface area (Å²) in [6, 6.07) is 18.3. The molecule has 0 fully saturated rings. The highest BCUT2D eigenvalue weighted by Gasteiger charge is 2.18. The number of hydrogen-bond acceptors (Lipinski definition) is 4. The van der Waals surface area contributed by atoms with Crippen LogP contribution in [0.5, 0.6) is 0 Å². The number of hydrogen-bond donors (Lipinski definition) is 1. The molecule has 142 valence electrons. The van der Waals surface area contributed by atoms with Crippen molar-refractivity contribution in [1.29, 1.82) is 5.26 Å². The fourth-order valence-corrected chi connectivity index (χ4v) is 3.57. The number of nitriles is 1. The molecule has 27 heavy (non-hydrogen) atoms. The minimum Gasteiger partial charge on any atom is -0.356 e. The van der Waals surface area contributed by atoms with Crippen LogP contribution in [-0.2, 0) is 21.2 Å². The highest BCUT2D eigenvalue weighted by atomic mass is 32.2. The molecule has 0 aliphatic carbocycles. The highest BCUT2D eigenvalue weighted by molar-refractivity contribution is 7.92. The summed E-state index contributed by atoms with van der Waals surface area (Å²) in [6.07, 6.45) is 2.87. The second-order valence-electron chi connectivity index (χ2n) is 6.18. The number of benzene rings is 2. The van der Waals surface area contributed by atoms with Crippen LogP contribution in [0.3, 0.4) is 0 Å². The molecule has 0 saturated carbocycles. The number of sulfonamides is 1. The van der Waals surface area contributed by atoms with Crippen LogP contribution in [-0.4, -0.2) is 33.7 Å². The van der Waals surface area contributed by atoms with Gasteiger partial charge in [0.25, 0.3) is 0 Å². The summed E-state index contributed by atoms with van der Waals surface area (Å²) < 4.78 is 25.3. The molecule has 0 heterocycles. The van der Waals surface area contributed by atoms with E-state index in [9.17, 15) is 13.2 Å². The van der Waals surface area contributed by atoms with Gasteiger partial charge in [-0.3, -0.25) is 9.10 Å². The fourth-order valence-electron chi connectivity index (χ4n) is 2.65. The average molecular weight is 385 g/mol. The van der Waals surface area contributed by atoms with Gasteiger partial charge in [0.15, 0.2) is 0 Å². The first kappa shape index (κ1) is 20.5. The summed E-state index contributed by atoms with van der Waals surface area (Å²) in [5.74, 6) is -0.189. The molecule has 0 atom stereocenters. The molecule has 7 heteroatoms. The first-order chi connectivity index (χ1) is 12.9. The van der Waals surface area contributed by atoms with E-state index in [0.29, 0.717) is 17.8 Å². The van der Waals surface area contributed by atoms with Crippen LogP contribution < -0.4 is 9.62 Å². The molecule has 0 bridgehead atoms. The van der Waals surface area contributed by atoms with Crippen LogP contribution in [0.2, 0.25) is 0 Å². The topological polar surface area (TPSA) is 90.3 Å². The fraction of sp³-hybridized carbons (Fsp3) is 0.300. The lowest BCUT2D eigenvalue weighted by molar-refractivity contribution is -0.120. The van der Waals surface area contributed by atoms with Crippen molar-refractivity contribution in [2.75, 3.05) is 23.7 Å². The Balaban J connectivity index is 1.83. The lowest BCUT2D eigenvalue weighted by Gasteiger charge is -2.22. The Morgan fingerprint density at radius 2 is 1.78 bits per heavy atom. The summed E-state index contributed by atoms with van der Waals surface area (Å²) in [4.78, 5) is 12.0. The quantitative estimate of drug-likeness (QED) is 0.672. The molecule has 1 N–H and O–H groups in total. The van der Waals surface area contributed by atoms with Crippen molar-refractivity contribution in [3.8, 4) is 6.07 Å². The number of carbonyl (C=O) groups is 1. The molecule has 2 aromatic carbocycles. The number of anilines is 1. The predicted molar refractivity (Wildman–Crippen MR) is 106 cm³/mol. The minimum atomic E-state index is -3.52. The maximum Gasteiger partial charge on any atom is 0.232 e. The highest BCUT2D eigenvalue weighted by Crippen LogP contribution is 2.18. The van der Waals surface area contributed by atoms with Crippen LogP contribution in [0.4, 0.5) is 5.69 Å². The summed E-state index contributed by atoms with van der Waals surface area (Å²) in [5.41, 5.74) is 2.10. The van der Waals surface area contributed by atoms with Crippen LogP contribution in [0.25, 0.3) is 0 Å². The number of nitrogens with zero attached hydrogens (tertiary/aromatic N) is 2. The second kappa shape index (κ2) is 9.74. The van der Waals surface area contributed by atoms with Crippen LogP contribution in [0.1, 0.15) is 24.0 Å². The van der Waals surface area contributed by atoms with Gasteiger partial charge in [-0.15, -0.1) is 0 Å².